The zero-order chi connectivity index (χ0) is 19.8. The van der Waals surface area contributed by atoms with Crippen molar-refractivity contribution in [3.05, 3.63) is 53.1 Å². The highest BCUT2D eigenvalue weighted by Gasteiger charge is 2.32. The van der Waals surface area contributed by atoms with E-state index in [1.807, 2.05) is 0 Å². The summed E-state index contributed by atoms with van der Waals surface area (Å²) in [5.41, 5.74) is -1.22. The fraction of sp³-hybridized carbons (Fsp3) is 0.143. The zero-order valence-electron chi connectivity index (χ0n) is 13.0. The molecule has 0 saturated carbocycles. The Hall–Kier alpha value is -1.82. The van der Waals surface area contributed by atoms with E-state index in [-0.39, 0.29) is 15.6 Å². The maximum Gasteiger partial charge on any atom is 0.416 e. The van der Waals surface area contributed by atoms with Crippen LogP contribution in [0.1, 0.15) is 5.56 Å². The van der Waals surface area contributed by atoms with Gasteiger partial charge >= 0.3 is 6.18 Å². The third-order valence-electron chi connectivity index (χ3n) is 3.23. The van der Waals surface area contributed by atoms with Gasteiger partial charge in [0.05, 0.1) is 15.5 Å². The Morgan fingerprint density at radius 2 is 1.50 bits per heavy atom. The molecule has 2 N–H and O–H groups in total. The summed E-state index contributed by atoms with van der Waals surface area (Å²) < 4.78 is 90.4. The van der Waals surface area contributed by atoms with E-state index < -0.39 is 36.7 Å². The van der Waals surface area contributed by atoms with Crippen LogP contribution in [0, 0.1) is 0 Å². The normalized spacial score (nSPS) is 12.8. The van der Waals surface area contributed by atoms with Gasteiger partial charge in [0.2, 0.25) is 10.0 Å². The summed E-state index contributed by atoms with van der Waals surface area (Å²) in [6.07, 6.45) is -4.74. The summed E-state index contributed by atoms with van der Waals surface area (Å²) in [6, 6.07) is 6.51. The molecule has 2 rings (SSSR count). The van der Waals surface area contributed by atoms with Crippen LogP contribution in [0.3, 0.4) is 0 Å². The Morgan fingerprint density at radius 1 is 0.923 bits per heavy atom. The highest BCUT2D eigenvalue weighted by Crippen LogP contribution is 2.34. The number of hydrogen-bond acceptors (Lipinski definition) is 4. The van der Waals surface area contributed by atoms with E-state index in [2.05, 4.69) is 9.44 Å². The molecule has 0 aliphatic rings. The number of alkyl halides is 3. The molecule has 0 atom stereocenters. The Labute approximate surface area is 153 Å². The Kier molecular flexibility index (Phi) is 5.57. The second-order valence-corrected chi connectivity index (χ2v) is 8.92. The number of nitrogens with one attached hydrogen (secondary N) is 2. The summed E-state index contributed by atoms with van der Waals surface area (Å²) in [5.74, 6) is 0. The molecule has 142 valence electrons. The van der Waals surface area contributed by atoms with Crippen LogP contribution < -0.4 is 9.44 Å². The van der Waals surface area contributed by atoms with E-state index in [0.717, 1.165) is 30.3 Å². The molecule has 0 unspecified atom stereocenters. The average Bonchev–Trinajstić information content (AvgIpc) is 2.54. The van der Waals surface area contributed by atoms with E-state index >= 15 is 0 Å². The van der Waals surface area contributed by atoms with Crippen molar-refractivity contribution in [2.45, 2.75) is 16.0 Å². The average molecular weight is 429 g/mol. The second kappa shape index (κ2) is 7.06. The predicted molar refractivity (Wildman–Crippen MR) is 90.0 cm³/mol. The van der Waals surface area contributed by atoms with E-state index in [9.17, 15) is 30.0 Å². The van der Waals surface area contributed by atoms with Gasteiger partial charge in [0.25, 0.3) is 10.0 Å². The van der Waals surface area contributed by atoms with Crippen molar-refractivity contribution in [3.63, 3.8) is 0 Å². The zero-order valence-corrected chi connectivity index (χ0v) is 15.4. The smallest absolute Gasteiger partial charge is 0.280 e. The number of hydrogen-bond donors (Lipinski definition) is 2. The molecule has 12 heteroatoms. The van der Waals surface area contributed by atoms with Gasteiger partial charge in [0.1, 0.15) is 4.90 Å². The van der Waals surface area contributed by atoms with Crippen molar-refractivity contribution < 1.29 is 30.0 Å². The summed E-state index contributed by atoms with van der Waals surface area (Å²) in [7, 11) is -6.93. The van der Waals surface area contributed by atoms with Gasteiger partial charge in [-0.1, -0.05) is 11.6 Å². The van der Waals surface area contributed by atoms with Gasteiger partial charge in [-0.15, -0.1) is 0 Å². The van der Waals surface area contributed by atoms with Gasteiger partial charge in [-0.25, -0.2) is 21.6 Å². The SMILES string of the molecule is CNS(=O)(=O)c1ccc(NS(=O)(=O)c2cc(C(F)(F)F)ccc2Cl)cc1. The minimum Gasteiger partial charge on any atom is -0.280 e. The van der Waals surface area contributed by atoms with Crippen LogP contribution in [0.25, 0.3) is 0 Å². The van der Waals surface area contributed by atoms with Gasteiger partial charge in [-0.3, -0.25) is 4.72 Å². The number of benzene rings is 2. The maximum absolute atomic E-state index is 12.8. The maximum atomic E-state index is 12.8. The molecule has 0 aliphatic heterocycles. The summed E-state index contributed by atoms with van der Waals surface area (Å²) in [5, 5.41) is -0.389. The lowest BCUT2D eigenvalue weighted by Gasteiger charge is -2.13. The largest absolute Gasteiger partial charge is 0.416 e. The third kappa shape index (κ3) is 4.47. The van der Waals surface area contributed by atoms with Gasteiger partial charge in [0.15, 0.2) is 0 Å². The third-order valence-corrected chi connectivity index (χ3v) is 6.53. The van der Waals surface area contributed by atoms with Crippen LogP contribution in [0.15, 0.2) is 52.3 Å². The lowest BCUT2D eigenvalue weighted by molar-refractivity contribution is -0.137. The van der Waals surface area contributed by atoms with E-state index in [1.165, 1.54) is 7.05 Å². The first-order valence-corrected chi connectivity index (χ1v) is 10.1. The summed E-state index contributed by atoms with van der Waals surface area (Å²) >= 11 is 5.73. The van der Waals surface area contributed by atoms with E-state index in [0.29, 0.717) is 12.1 Å². The first kappa shape index (κ1) is 20.5. The Bertz CT molecular complexity index is 1020. The van der Waals surface area contributed by atoms with Gasteiger partial charge in [-0.2, -0.15) is 13.2 Å². The van der Waals surface area contributed by atoms with Crippen molar-refractivity contribution in [1.82, 2.24) is 4.72 Å². The van der Waals surface area contributed by atoms with Crippen LogP contribution in [0.2, 0.25) is 5.02 Å². The first-order chi connectivity index (χ1) is 11.9. The fourth-order valence-corrected chi connectivity index (χ4v) is 4.23. The monoisotopic (exact) mass is 428 g/mol. The Morgan fingerprint density at radius 3 is 2.00 bits per heavy atom. The number of rotatable bonds is 5. The molecule has 0 amide bonds. The lowest BCUT2D eigenvalue weighted by atomic mass is 10.2. The number of halogens is 4. The van der Waals surface area contributed by atoms with Crippen molar-refractivity contribution in [1.29, 1.82) is 0 Å². The quantitative estimate of drug-likeness (QED) is 0.765. The van der Waals surface area contributed by atoms with Crippen LogP contribution in [0.4, 0.5) is 18.9 Å². The molecule has 2 aromatic rings. The standard InChI is InChI=1S/C14H12ClF3N2O4S2/c1-19-25(21,22)11-5-3-10(4-6-11)20-26(23,24)13-8-9(14(16,17)18)2-7-12(13)15/h2-8,19-20H,1H3. The molecule has 26 heavy (non-hydrogen) atoms. The second-order valence-electron chi connectivity index (χ2n) is 4.98. The van der Waals surface area contributed by atoms with Crippen molar-refractivity contribution in [2.24, 2.45) is 0 Å². The van der Waals surface area contributed by atoms with Gasteiger partial charge < -0.3 is 0 Å². The van der Waals surface area contributed by atoms with Crippen LogP contribution in [-0.2, 0) is 26.2 Å². The van der Waals surface area contributed by atoms with Gasteiger partial charge in [-0.05, 0) is 49.5 Å². The molecule has 6 nitrogen and oxygen atoms in total. The highest BCUT2D eigenvalue weighted by atomic mass is 35.5. The predicted octanol–water partition coefficient (Wildman–Crippen LogP) is 3.07. The molecular formula is C14H12ClF3N2O4S2. The van der Waals surface area contributed by atoms with Gasteiger partial charge in [0, 0.05) is 5.69 Å². The first-order valence-electron chi connectivity index (χ1n) is 6.80. The molecule has 0 radical (unpaired) electrons. The molecule has 0 saturated heterocycles. The lowest BCUT2D eigenvalue weighted by Crippen LogP contribution is -2.18. The van der Waals surface area contributed by atoms with Crippen LogP contribution in [0.5, 0.6) is 0 Å². The number of anilines is 1. The minimum absolute atomic E-state index is 0.0477. The molecule has 0 heterocycles. The van der Waals surface area contributed by atoms with Crippen molar-refractivity contribution in [2.75, 3.05) is 11.8 Å². The summed E-state index contributed by atoms with van der Waals surface area (Å²) in [6.45, 7) is 0. The molecule has 0 bridgehead atoms. The fourth-order valence-electron chi connectivity index (χ4n) is 1.92. The number of sulfonamides is 2. The van der Waals surface area contributed by atoms with E-state index in [4.69, 9.17) is 11.6 Å². The van der Waals surface area contributed by atoms with Crippen molar-refractivity contribution >= 4 is 37.3 Å². The topological polar surface area (TPSA) is 92.3 Å². The molecular weight excluding hydrogens is 417 g/mol. The Balaban J connectivity index is 2.38. The van der Waals surface area contributed by atoms with Crippen LogP contribution in [-0.4, -0.2) is 23.9 Å². The molecule has 0 fully saturated rings. The summed E-state index contributed by atoms with van der Waals surface area (Å²) in [4.78, 5) is -0.860. The molecule has 0 spiro atoms. The van der Waals surface area contributed by atoms with Crippen molar-refractivity contribution in [3.8, 4) is 0 Å². The highest BCUT2D eigenvalue weighted by molar-refractivity contribution is 7.92. The minimum atomic E-state index is -4.74. The molecule has 2 aromatic carbocycles. The van der Waals surface area contributed by atoms with Crippen LogP contribution >= 0.6 is 11.6 Å². The molecule has 0 aromatic heterocycles. The molecule has 0 aliphatic carbocycles. The van der Waals surface area contributed by atoms with E-state index in [1.54, 1.807) is 0 Å².